The SMILES string of the molecule is C1=Cc2ccc(-c3ccc4oc5ccccc5c4c3-c3nc(-c4ccc(-c5cccc6ccccc56)cc4)nc(-c4ccc5ccccc5c4)n3)cc2CC1. The molecule has 1 aliphatic carbocycles. The average Bonchev–Trinajstić information content (AvgIpc) is 3.64. The van der Waals surface area contributed by atoms with Crippen LogP contribution in [0, 0.1) is 0 Å². The van der Waals surface area contributed by atoms with Crippen molar-refractivity contribution in [3.8, 4) is 56.4 Å². The molecule has 0 saturated heterocycles. The lowest BCUT2D eigenvalue weighted by molar-refractivity contribution is 0.669. The summed E-state index contributed by atoms with van der Waals surface area (Å²) in [4.78, 5) is 15.9. The van der Waals surface area contributed by atoms with Gasteiger partial charge in [-0.3, -0.25) is 0 Å². The van der Waals surface area contributed by atoms with Gasteiger partial charge in [0.1, 0.15) is 11.2 Å². The van der Waals surface area contributed by atoms with Crippen LogP contribution in [-0.2, 0) is 6.42 Å². The van der Waals surface area contributed by atoms with E-state index in [9.17, 15) is 0 Å². The Morgan fingerprint density at radius 1 is 0.436 bits per heavy atom. The number of furan rings is 1. The Morgan fingerprint density at radius 2 is 1.13 bits per heavy atom. The van der Waals surface area contributed by atoms with Crippen molar-refractivity contribution in [2.24, 2.45) is 0 Å². The van der Waals surface area contributed by atoms with Gasteiger partial charge in [0.05, 0.1) is 0 Å². The van der Waals surface area contributed by atoms with Crippen LogP contribution in [0.25, 0.3) is 106 Å². The van der Waals surface area contributed by atoms with Crippen LogP contribution >= 0.6 is 0 Å². The normalized spacial score (nSPS) is 12.5. The fourth-order valence-electron chi connectivity index (χ4n) is 8.24. The highest BCUT2D eigenvalue weighted by Gasteiger charge is 2.23. The zero-order valence-electron chi connectivity index (χ0n) is 29.9. The minimum atomic E-state index is 0.607. The molecule has 2 aromatic heterocycles. The molecule has 0 N–H and O–H groups in total. The number of aromatic nitrogens is 3. The molecular weight excluding hydrogens is 671 g/mol. The Labute approximate surface area is 318 Å². The third-order valence-corrected chi connectivity index (χ3v) is 11.0. The van der Waals surface area contributed by atoms with Crippen LogP contribution in [0.1, 0.15) is 17.5 Å². The van der Waals surface area contributed by atoms with E-state index in [-0.39, 0.29) is 0 Å². The summed E-state index contributed by atoms with van der Waals surface area (Å²) in [6.07, 6.45) is 6.55. The molecule has 0 radical (unpaired) electrons. The lowest BCUT2D eigenvalue weighted by atomic mass is 9.90. The van der Waals surface area contributed by atoms with E-state index >= 15 is 0 Å². The van der Waals surface area contributed by atoms with Crippen molar-refractivity contribution in [1.82, 2.24) is 15.0 Å². The minimum Gasteiger partial charge on any atom is -0.456 e. The summed E-state index contributed by atoms with van der Waals surface area (Å²) < 4.78 is 6.48. The van der Waals surface area contributed by atoms with Crippen LogP contribution in [0.5, 0.6) is 0 Å². The van der Waals surface area contributed by atoms with E-state index in [4.69, 9.17) is 19.4 Å². The number of nitrogens with zero attached hydrogens (tertiary/aromatic N) is 3. The number of rotatable bonds is 5. The number of para-hydroxylation sites is 1. The first-order valence-corrected chi connectivity index (χ1v) is 18.8. The molecule has 258 valence electrons. The van der Waals surface area contributed by atoms with Gasteiger partial charge in [-0.2, -0.15) is 0 Å². The van der Waals surface area contributed by atoms with E-state index < -0.39 is 0 Å². The molecule has 4 nitrogen and oxygen atoms in total. The predicted octanol–water partition coefficient (Wildman–Crippen LogP) is 13.4. The summed E-state index contributed by atoms with van der Waals surface area (Å²) in [5.74, 6) is 1.84. The Kier molecular flexibility index (Phi) is 7.27. The van der Waals surface area contributed by atoms with Crippen LogP contribution in [-0.4, -0.2) is 15.0 Å². The Morgan fingerprint density at radius 3 is 2.02 bits per heavy atom. The zero-order valence-corrected chi connectivity index (χ0v) is 29.9. The van der Waals surface area contributed by atoms with Crippen LogP contribution in [0.15, 0.2) is 174 Å². The molecule has 0 amide bonds. The molecule has 0 unspecified atom stereocenters. The van der Waals surface area contributed by atoms with Gasteiger partial charge >= 0.3 is 0 Å². The van der Waals surface area contributed by atoms with Crippen LogP contribution in [0.4, 0.5) is 0 Å². The van der Waals surface area contributed by atoms with Crippen LogP contribution < -0.4 is 0 Å². The molecule has 8 aromatic carbocycles. The fraction of sp³-hybridized carbons (Fsp3) is 0.0392. The van der Waals surface area contributed by atoms with Gasteiger partial charge in [-0.1, -0.05) is 152 Å². The predicted molar refractivity (Wildman–Crippen MR) is 227 cm³/mol. The zero-order chi connectivity index (χ0) is 36.3. The van der Waals surface area contributed by atoms with Crippen molar-refractivity contribution in [1.29, 1.82) is 0 Å². The van der Waals surface area contributed by atoms with E-state index in [0.717, 1.165) is 73.5 Å². The highest BCUT2D eigenvalue weighted by molar-refractivity contribution is 6.15. The summed E-state index contributed by atoms with van der Waals surface area (Å²) in [5, 5.41) is 6.78. The standard InChI is InChI=1S/C51H33N3O/c1-3-13-37-30-39(26-20-32(37)10-1)43-28-29-46-47(44-17-7-8-19-45(44)55-46)48(43)51-53-49(52-50(54-51)40-27-21-33-11-2-4-14-38(33)31-40)36-24-22-35(23-25-36)42-18-9-15-34-12-5-6-16-41(34)42/h1-2,4-12,14-31H,3,13H2. The van der Waals surface area contributed by atoms with E-state index in [1.54, 1.807) is 0 Å². The number of benzene rings is 8. The molecule has 11 rings (SSSR count). The van der Waals surface area contributed by atoms with Crippen molar-refractivity contribution in [3.05, 3.63) is 181 Å². The molecule has 0 spiro atoms. The van der Waals surface area contributed by atoms with Crippen LogP contribution in [0.3, 0.4) is 0 Å². The molecule has 55 heavy (non-hydrogen) atoms. The molecule has 1 aliphatic rings. The molecule has 0 bridgehead atoms. The summed E-state index contributed by atoms with van der Waals surface area (Å²) in [7, 11) is 0. The van der Waals surface area contributed by atoms with E-state index in [2.05, 4.69) is 164 Å². The molecule has 0 fully saturated rings. The molecule has 4 heteroatoms. The van der Waals surface area contributed by atoms with Gasteiger partial charge in [0.2, 0.25) is 0 Å². The molecule has 0 aliphatic heterocycles. The van der Waals surface area contributed by atoms with E-state index in [1.165, 1.54) is 32.8 Å². The van der Waals surface area contributed by atoms with Gasteiger partial charge in [-0.25, -0.2) is 15.0 Å². The first kappa shape index (κ1) is 31.4. The molecule has 2 heterocycles. The maximum Gasteiger partial charge on any atom is 0.165 e. The maximum absolute atomic E-state index is 6.48. The number of allylic oxidation sites excluding steroid dienone is 1. The number of aryl methyl sites for hydroxylation is 1. The lowest BCUT2D eigenvalue weighted by Crippen LogP contribution is -2.02. The second-order valence-corrected chi connectivity index (χ2v) is 14.3. The maximum atomic E-state index is 6.48. The third kappa shape index (κ3) is 5.42. The smallest absolute Gasteiger partial charge is 0.165 e. The third-order valence-electron chi connectivity index (χ3n) is 11.0. The topological polar surface area (TPSA) is 51.8 Å². The monoisotopic (exact) mass is 703 g/mol. The van der Waals surface area contributed by atoms with Crippen molar-refractivity contribution in [2.45, 2.75) is 12.8 Å². The second-order valence-electron chi connectivity index (χ2n) is 14.3. The van der Waals surface area contributed by atoms with E-state index in [0.29, 0.717) is 17.5 Å². The van der Waals surface area contributed by atoms with Gasteiger partial charge in [0, 0.05) is 27.5 Å². The average molecular weight is 704 g/mol. The Balaban J connectivity index is 1.16. The van der Waals surface area contributed by atoms with Gasteiger partial charge in [0.25, 0.3) is 0 Å². The summed E-state index contributed by atoms with van der Waals surface area (Å²) in [6.45, 7) is 0. The van der Waals surface area contributed by atoms with E-state index in [1.807, 2.05) is 12.1 Å². The molecule has 0 atom stereocenters. The highest BCUT2D eigenvalue weighted by Crippen LogP contribution is 2.43. The fourth-order valence-corrected chi connectivity index (χ4v) is 8.24. The van der Waals surface area contributed by atoms with Crippen molar-refractivity contribution >= 4 is 49.6 Å². The van der Waals surface area contributed by atoms with Gasteiger partial charge < -0.3 is 4.42 Å². The van der Waals surface area contributed by atoms with Gasteiger partial charge in [-0.15, -0.1) is 0 Å². The summed E-state index contributed by atoms with van der Waals surface area (Å²) in [6, 6.07) is 57.7. The first-order valence-electron chi connectivity index (χ1n) is 18.8. The van der Waals surface area contributed by atoms with Crippen LogP contribution in [0.2, 0.25) is 0 Å². The Hall–Kier alpha value is -7.17. The summed E-state index contributed by atoms with van der Waals surface area (Å²) in [5.41, 5.74) is 11.6. The molecule has 10 aromatic rings. The number of fused-ring (bicyclic) bond motifs is 6. The van der Waals surface area contributed by atoms with Crippen molar-refractivity contribution in [3.63, 3.8) is 0 Å². The van der Waals surface area contributed by atoms with Gasteiger partial charge in [0.15, 0.2) is 17.5 Å². The van der Waals surface area contributed by atoms with Crippen molar-refractivity contribution in [2.75, 3.05) is 0 Å². The number of hydrogen-bond acceptors (Lipinski definition) is 4. The quantitative estimate of drug-likeness (QED) is 0.179. The minimum absolute atomic E-state index is 0.607. The van der Waals surface area contributed by atoms with Gasteiger partial charge in [-0.05, 0) is 92.0 Å². The number of hydrogen-bond donors (Lipinski definition) is 0. The lowest BCUT2D eigenvalue weighted by Gasteiger charge is -2.16. The second kappa shape index (κ2) is 12.8. The molecular formula is C51H33N3O. The largest absolute Gasteiger partial charge is 0.456 e. The Bertz CT molecular complexity index is 3150. The highest BCUT2D eigenvalue weighted by atomic mass is 16.3. The summed E-state index contributed by atoms with van der Waals surface area (Å²) >= 11 is 0. The first-order chi connectivity index (χ1) is 27.2. The van der Waals surface area contributed by atoms with Crippen molar-refractivity contribution < 1.29 is 4.42 Å². The molecule has 0 saturated carbocycles.